The van der Waals surface area contributed by atoms with E-state index in [1.54, 1.807) is 11.3 Å². The van der Waals surface area contributed by atoms with Crippen molar-refractivity contribution in [3.8, 4) is 0 Å². The van der Waals surface area contributed by atoms with Crippen LogP contribution in [0.1, 0.15) is 24.6 Å². The molecule has 1 unspecified atom stereocenters. The summed E-state index contributed by atoms with van der Waals surface area (Å²) in [5.41, 5.74) is -0.0655. The third-order valence-electron chi connectivity index (χ3n) is 3.05. The van der Waals surface area contributed by atoms with Gasteiger partial charge in [0.1, 0.15) is 0 Å². The Hall–Kier alpha value is -0.380. The van der Waals surface area contributed by atoms with Gasteiger partial charge in [0.15, 0.2) is 0 Å². The van der Waals surface area contributed by atoms with Crippen molar-refractivity contribution in [2.75, 3.05) is 6.61 Å². The quantitative estimate of drug-likeness (QED) is 0.780. The van der Waals surface area contributed by atoms with Crippen LogP contribution in [-0.4, -0.2) is 17.3 Å². The molecule has 14 heavy (non-hydrogen) atoms. The van der Waals surface area contributed by atoms with Gasteiger partial charge < -0.3 is 10.4 Å². The molecule has 1 heterocycles. The molecule has 0 aromatic carbocycles. The van der Waals surface area contributed by atoms with Gasteiger partial charge in [-0.1, -0.05) is 6.07 Å². The maximum atomic E-state index is 9.37. The molecule has 1 aliphatic carbocycles. The number of aliphatic hydroxyl groups excluding tert-OH is 1. The molecule has 0 amide bonds. The SMILES string of the molecule is CC(CO)(NCc1cccs1)C1CC1. The van der Waals surface area contributed by atoms with Crippen LogP contribution in [0.5, 0.6) is 0 Å². The van der Waals surface area contributed by atoms with Crippen LogP contribution in [-0.2, 0) is 6.54 Å². The molecule has 0 aliphatic heterocycles. The highest BCUT2D eigenvalue weighted by atomic mass is 32.1. The highest BCUT2D eigenvalue weighted by Crippen LogP contribution is 2.39. The van der Waals surface area contributed by atoms with Crippen LogP contribution in [0.25, 0.3) is 0 Å². The number of hydrogen-bond donors (Lipinski definition) is 2. The molecule has 0 spiro atoms. The molecule has 0 bridgehead atoms. The molecule has 1 aromatic heterocycles. The fourth-order valence-electron chi connectivity index (χ4n) is 1.75. The van der Waals surface area contributed by atoms with E-state index in [-0.39, 0.29) is 12.1 Å². The zero-order chi connectivity index (χ0) is 10.0. The Bertz CT molecular complexity index is 281. The number of thiophene rings is 1. The fraction of sp³-hybridized carbons (Fsp3) is 0.636. The normalized spacial score (nSPS) is 20.7. The lowest BCUT2D eigenvalue weighted by molar-refractivity contribution is 0.154. The minimum absolute atomic E-state index is 0.0655. The maximum Gasteiger partial charge on any atom is 0.0613 e. The number of rotatable bonds is 5. The Balaban J connectivity index is 1.89. The van der Waals surface area contributed by atoms with E-state index in [0.717, 1.165) is 6.54 Å². The first kappa shape index (κ1) is 10.1. The van der Waals surface area contributed by atoms with Crippen LogP contribution in [0, 0.1) is 5.92 Å². The second-order valence-electron chi connectivity index (χ2n) is 4.28. The first-order valence-electron chi connectivity index (χ1n) is 5.13. The van der Waals surface area contributed by atoms with Gasteiger partial charge in [-0.2, -0.15) is 0 Å². The number of aliphatic hydroxyl groups is 1. The van der Waals surface area contributed by atoms with E-state index in [9.17, 15) is 5.11 Å². The van der Waals surface area contributed by atoms with Crippen molar-refractivity contribution in [2.45, 2.75) is 31.8 Å². The zero-order valence-electron chi connectivity index (χ0n) is 8.49. The van der Waals surface area contributed by atoms with Gasteiger partial charge in [-0.25, -0.2) is 0 Å². The van der Waals surface area contributed by atoms with Gasteiger partial charge in [0.25, 0.3) is 0 Å². The molecular weight excluding hydrogens is 194 g/mol. The number of hydrogen-bond acceptors (Lipinski definition) is 3. The second kappa shape index (κ2) is 4.01. The molecule has 2 rings (SSSR count). The molecule has 1 saturated carbocycles. The summed E-state index contributed by atoms with van der Waals surface area (Å²) in [6.45, 7) is 3.24. The van der Waals surface area contributed by atoms with Crippen molar-refractivity contribution < 1.29 is 5.11 Å². The van der Waals surface area contributed by atoms with Crippen molar-refractivity contribution >= 4 is 11.3 Å². The standard InChI is InChI=1S/C11H17NOS/c1-11(8-13,9-4-5-9)12-7-10-3-2-6-14-10/h2-3,6,9,12-13H,4-5,7-8H2,1H3. The summed E-state index contributed by atoms with van der Waals surface area (Å²) < 4.78 is 0. The largest absolute Gasteiger partial charge is 0.394 e. The van der Waals surface area contributed by atoms with E-state index in [2.05, 4.69) is 29.8 Å². The van der Waals surface area contributed by atoms with Crippen LogP contribution < -0.4 is 5.32 Å². The fourth-order valence-corrected chi connectivity index (χ4v) is 2.40. The predicted molar refractivity (Wildman–Crippen MR) is 59.4 cm³/mol. The van der Waals surface area contributed by atoms with Gasteiger partial charge in [0, 0.05) is 17.0 Å². The van der Waals surface area contributed by atoms with Crippen molar-refractivity contribution in [1.29, 1.82) is 0 Å². The van der Waals surface area contributed by atoms with Crippen LogP contribution in [0.2, 0.25) is 0 Å². The monoisotopic (exact) mass is 211 g/mol. The minimum Gasteiger partial charge on any atom is -0.394 e. The molecule has 3 heteroatoms. The molecule has 1 aromatic rings. The van der Waals surface area contributed by atoms with Gasteiger partial charge in [0.2, 0.25) is 0 Å². The Morgan fingerprint density at radius 2 is 2.43 bits per heavy atom. The molecule has 2 N–H and O–H groups in total. The van der Waals surface area contributed by atoms with E-state index in [0.29, 0.717) is 5.92 Å². The summed E-state index contributed by atoms with van der Waals surface area (Å²) in [7, 11) is 0. The van der Waals surface area contributed by atoms with Gasteiger partial charge >= 0.3 is 0 Å². The highest BCUT2D eigenvalue weighted by Gasteiger charge is 2.40. The third-order valence-corrected chi connectivity index (χ3v) is 3.93. The molecule has 1 fully saturated rings. The second-order valence-corrected chi connectivity index (χ2v) is 5.32. The van der Waals surface area contributed by atoms with E-state index < -0.39 is 0 Å². The average Bonchev–Trinajstić information content (AvgIpc) is 2.94. The highest BCUT2D eigenvalue weighted by molar-refractivity contribution is 7.09. The first-order chi connectivity index (χ1) is 6.74. The van der Waals surface area contributed by atoms with Gasteiger partial charge in [0.05, 0.1) is 6.61 Å². The molecule has 1 aliphatic rings. The lowest BCUT2D eigenvalue weighted by Crippen LogP contribution is -2.47. The van der Waals surface area contributed by atoms with Crippen molar-refractivity contribution in [3.05, 3.63) is 22.4 Å². The number of nitrogens with one attached hydrogen (secondary N) is 1. The van der Waals surface area contributed by atoms with E-state index in [4.69, 9.17) is 0 Å². The maximum absolute atomic E-state index is 9.37. The molecule has 1 atom stereocenters. The smallest absolute Gasteiger partial charge is 0.0613 e. The predicted octanol–water partition coefficient (Wildman–Crippen LogP) is 2.00. The summed E-state index contributed by atoms with van der Waals surface area (Å²) in [4.78, 5) is 1.34. The Labute approximate surface area is 89.0 Å². The van der Waals surface area contributed by atoms with Crippen LogP contribution in [0.3, 0.4) is 0 Å². The van der Waals surface area contributed by atoms with Crippen LogP contribution in [0.4, 0.5) is 0 Å². The topological polar surface area (TPSA) is 32.3 Å². The van der Waals surface area contributed by atoms with E-state index in [1.807, 2.05) is 0 Å². The zero-order valence-corrected chi connectivity index (χ0v) is 9.31. The van der Waals surface area contributed by atoms with Crippen molar-refractivity contribution in [1.82, 2.24) is 5.32 Å². The summed E-state index contributed by atoms with van der Waals surface area (Å²) in [5.74, 6) is 0.674. The Morgan fingerprint density at radius 3 is 2.93 bits per heavy atom. The lowest BCUT2D eigenvalue weighted by Gasteiger charge is -2.28. The molecule has 0 saturated heterocycles. The summed E-state index contributed by atoms with van der Waals surface area (Å²) >= 11 is 1.76. The van der Waals surface area contributed by atoms with Gasteiger partial charge in [-0.3, -0.25) is 0 Å². The Kier molecular flexibility index (Phi) is 2.91. The van der Waals surface area contributed by atoms with Crippen molar-refractivity contribution in [2.24, 2.45) is 5.92 Å². The van der Waals surface area contributed by atoms with Gasteiger partial charge in [-0.05, 0) is 37.1 Å². The van der Waals surface area contributed by atoms with E-state index >= 15 is 0 Å². The molecular formula is C11H17NOS. The first-order valence-corrected chi connectivity index (χ1v) is 6.01. The third kappa shape index (κ3) is 2.16. The lowest BCUT2D eigenvalue weighted by atomic mass is 9.97. The summed E-state index contributed by atoms with van der Waals surface area (Å²) in [6, 6.07) is 4.19. The van der Waals surface area contributed by atoms with Crippen molar-refractivity contribution in [3.63, 3.8) is 0 Å². The van der Waals surface area contributed by atoms with E-state index in [1.165, 1.54) is 17.7 Å². The molecule has 78 valence electrons. The Morgan fingerprint density at radius 1 is 1.64 bits per heavy atom. The summed E-state index contributed by atoms with van der Waals surface area (Å²) in [5, 5.41) is 14.9. The van der Waals surface area contributed by atoms with Crippen LogP contribution >= 0.6 is 11.3 Å². The molecule has 0 radical (unpaired) electrons. The molecule has 2 nitrogen and oxygen atoms in total. The summed E-state index contributed by atoms with van der Waals surface area (Å²) in [6.07, 6.45) is 2.52. The average molecular weight is 211 g/mol. The van der Waals surface area contributed by atoms with Crippen LogP contribution in [0.15, 0.2) is 17.5 Å². The van der Waals surface area contributed by atoms with Gasteiger partial charge in [-0.15, -0.1) is 11.3 Å². The minimum atomic E-state index is -0.0655.